The maximum Gasteiger partial charge on any atom is 0.337 e. The minimum absolute atomic E-state index is 0.212. The van der Waals surface area contributed by atoms with Gasteiger partial charge in [-0.05, 0) is 13.8 Å². The molecule has 3 N–H and O–H groups in total. The monoisotopic (exact) mass is 182 g/mol. The second kappa shape index (κ2) is 3.30. The molecule has 0 aliphatic rings. The van der Waals surface area contributed by atoms with Crippen LogP contribution in [0.5, 0.6) is 0 Å². The predicted molar refractivity (Wildman–Crippen MR) is 46.9 cm³/mol. The van der Waals surface area contributed by atoms with E-state index in [4.69, 9.17) is 5.11 Å². The normalized spacial score (nSPS) is 9.69. The summed E-state index contributed by atoms with van der Waals surface area (Å²) in [4.78, 5) is 23.6. The van der Waals surface area contributed by atoms with Gasteiger partial charge in [0.15, 0.2) is 0 Å². The molecule has 0 aliphatic carbocycles. The molecule has 0 aliphatic heterocycles. The second-order valence-corrected chi connectivity index (χ2v) is 2.69. The third-order valence-electron chi connectivity index (χ3n) is 1.85. The maximum atomic E-state index is 10.7. The van der Waals surface area contributed by atoms with Crippen molar-refractivity contribution in [1.82, 2.24) is 4.98 Å². The fourth-order valence-electron chi connectivity index (χ4n) is 1.27. The van der Waals surface area contributed by atoms with Crippen LogP contribution >= 0.6 is 0 Å². The van der Waals surface area contributed by atoms with Gasteiger partial charge >= 0.3 is 5.97 Å². The summed E-state index contributed by atoms with van der Waals surface area (Å²) in [6.07, 6.45) is 0.504. The van der Waals surface area contributed by atoms with Gasteiger partial charge in [-0.25, -0.2) is 4.79 Å². The lowest BCUT2D eigenvalue weighted by Crippen LogP contribution is -2.00. The molecule has 0 aromatic carbocycles. The fourth-order valence-corrected chi connectivity index (χ4v) is 1.27. The first-order chi connectivity index (χ1) is 6.07. The van der Waals surface area contributed by atoms with Gasteiger partial charge in [-0.15, -0.1) is 0 Å². The number of hydrogen-bond acceptors (Lipinski definition) is 2. The first-order valence-electron chi connectivity index (χ1n) is 3.70. The molecule has 5 nitrogen and oxygen atoms in total. The van der Waals surface area contributed by atoms with Crippen LogP contribution in [0.15, 0.2) is 0 Å². The lowest BCUT2D eigenvalue weighted by molar-refractivity contribution is -0.105. The number of carboxylic acids is 1. The van der Waals surface area contributed by atoms with Crippen LogP contribution in [0.4, 0.5) is 5.82 Å². The fraction of sp³-hybridized carbons (Fsp3) is 0.250. The number of H-pyrrole nitrogens is 1. The second-order valence-electron chi connectivity index (χ2n) is 2.69. The van der Waals surface area contributed by atoms with E-state index in [0.29, 0.717) is 23.5 Å². The molecule has 5 heteroatoms. The third kappa shape index (κ3) is 1.53. The molecule has 1 aromatic heterocycles. The van der Waals surface area contributed by atoms with Crippen molar-refractivity contribution in [3.8, 4) is 0 Å². The SMILES string of the molecule is Cc1[nH]c(NC=O)c(C)c1C(=O)O. The number of amides is 1. The zero-order valence-corrected chi connectivity index (χ0v) is 7.34. The minimum Gasteiger partial charge on any atom is -0.478 e. The quantitative estimate of drug-likeness (QED) is 0.607. The number of carbonyl (C=O) groups excluding carboxylic acids is 1. The highest BCUT2D eigenvalue weighted by Crippen LogP contribution is 2.21. The number of anilines is 1. The highest BCUT2D eigenvalue weighted by atomic mass is 16.4. The molecule has 70 valence electrons. The molecular formula is C8H10N2O3. The van der Waals surface area contributed by atoms with Gasteiger partial charge in [0.05, 0.1) is 5.56 Å². The van der Waals surface area contributed by atoms with Crippen molar-refractivity contribution >= 4 is 18.2 Å². The molecule has 0 radical (unpaired) electrons. The summed E-state index contributed by atoms with van der Waals surface area (Å²) >= 11 is 0. The van der Waals surface area contributed by atoms with Crippen LogP contribution in [-0.4, -0.2) is 22.5 Å². The Hall–Kier alpha value is -1.78. The molecule has 1 amide bonds. The molecule has 0 saturated carbocycles. The first kappa shape index (κ1) is 9.31. The summed E-state index contributed by atoms with van der Waals surface area (Å²) in [5.41, 5.74) is 1.29. The Balaban J connectivity index is 3.21. The maximum absolute atomic E-state index is 10.7. The van der Waals surface area contributed by atoms with Gasteiger partial charge in [0, 0.05) is 11.3 Å². The van der Waals surface area contributed by atoms with E-state index in [2.05, 4.69) is 10.3 Å². The van der Waals surface area contributed by atoms with Crippen molar-refractivity contribution < 1.29 is 14.7 Å². The lowest BCUT2D eigenvalue weighted by atomic mass is 10.1. The van der Waals surface area contributed by atoms with Crippen LogP contribution in [0.25, 0.3) is 0 Å². The molecule has 13 heavy (non-hydrogen) atoms. The Morgan fingerprint density at radius 1 is 1.54 bits per heavy atom. The highest BCUT2D eigenvalue weighted by Gasteiger charge is 2.16. The standard InChI is InChI=1S/C8H10N2O3/c1-4-6(8(12)13)5(2)10-7(4)9-3-11/h3,10H,1-2H3,(H,9,11)(H,12,13). The number of aromatic amines is 1. The van der Waals surface area contributed by atoms with Crippen molar-refractivity contribution in [1.29, 1.82) is 0 Å². The number of aromatic carboxylic acids is 1. The number of hydrogen-bond donors (Lipinski definition) is 3. The molecule has 1 heterocycles. The Kier molecular flexibility index (Phi) is 2.36. The molecular weight excluding hydrogens is 172 g/mol. The Morgan fingerprint density at radius 2 is 2.15 bits per heavy atom. The average molecular weight is 182 g/mol. The van der Waals surface area contributed by atoms with Crippen molar-refractivity contribution in [2.75, 3.05) is 5.32 Å². The van der Waals surface area contributed by atoms with E-state index >= 15 is 0 Å². The Labute approximate surface area is 74.8 Å². The number of aryl methyl sites for hydroxylation is 1. The molecule has 0 spiro atoms. The summed E-state index contributed by atoms with van der Waals surface area (Å²) in [6.45, 7) is 3.28. The van der Waals surface area contributed by atoms with E-state index in [1.54, 1.807) is 13.8 Å². The summed E-state index contributed by atoms with van der Waals surface area (Å²) in [7, 11) is 0. The molecule has 0 saturated heterocycles. The van der Waals surface area contributed by atoms with Gasteiger partial charge in [-0.1, -0.05) is 0 Å². The number of nitrogens with one attached hydrogen (secondary N) is 2. The van der Waals surface area contributed by atoms with Crippen molar-refractivity contribution in [2.45, 2.75) is 13.8 Å². The summed E-state index contributed by atoms with van der Waals surface area (Å²) in [5, 5.41) is 11.2. The van der Waals surface area contributed by atoms with Crippen molar-refractivity contribution in [3.63, 3.8) is 0 Å². The van der Waals surface area contributed by atoms with E-state index < -0.39 is 5.97 Å². The zero-order valence-electron chi connectivity index (χ0n) is 7.34. The number of carboxylic acid groups (broad SMARTS) is 1. The van der Waals surface area contributed by atoms with Crippen molar-refractivity contribution in [3.05, 3.63) is 16.8 Å². The number of carbonyl (C=O) groups is 2. The molecule has 0 bridgehead atoms. The van der Waals surface area contributed by atoms with Crippen molar-refractivity contribution in [2.24, 2.45) is 0 Å². The summed E-state index contributed by atoms with van der Waals surface area (Å²) < 4.78 is 0. The van der Waals surface area contributed by atoms with Crippen LogP contribution in [-0.2, 0) is 4.79 Å². The van der Waals surface area contributed by atoms with Crippen LogP contribution < -0.4 is 5.32 Å². The third-order valence-corrected chi connectivity index (χ3v) is 1.85. The van der Waals surface area contributed by atoms with E-state index in [-0.39, 0.29) is 5.56 Å². The van der Waals surface area contributed by atoms with E-state index in [1.807, 2.05) is 0 Å². The zero-order chi connectivity index (χ0) is 10.0. The number of aromatic nitrogens is 1. The van der Waals surface area contributed by atoms with E-state index in [1.165, 1.54) is 0 Å². The first-order valence-corrected chi connectivity index (χ1v) is 3.70. The van der Waals surface area contributed by atoms with E-state index in [0.717, 1.165) is 0 Å². The lowest BCUT2D eigenvalue weighted by Gasteiger charge is -1.95. The largest absolute Gasteiger partial charge is 0.478 e. The van der Waals surface area contributed by atoms with Gasteiger partial charge in [0.25, 0.3) is 0 Å². The molecule has 0 atom stereocenters. The van der Waals surface area contributed by atoms with Crippen LogP contribution in [0, 0.1) is 13.8 Å². The van der Waals surface area contributed by atoms with Gasteiger partial charge in [-0.2, -0.15) is 0 Å². The Morgan fingerprint density at radius 3 is 2.54 bits per heavy atom. The highest BCUT2D eigenvalue weighted by molar-refractivity contribution is 5.93. The van der Waals surface area contributed by atoms with Gasteiger partial charge < -0.3 is 15.4 Å². The van der Waals surface area contributed by atoms with Crippen LogP contribution in [0.1, 0.15) is 21.6 Å². The predicted octanol–water partition coefficient (Wildman–Crippen LogP) is 0.898. The Bertz CT molecular complexity index is 355. The topological polar surface area (TPSA) is 82.2 Å². The van der Waals surface area contributed by atoms with Gasteiger partial charge in [0.1, 0.15) is 5.82 Å². The van der Waals surface area contributed by atoms with Gasteiger partial charge in [0.2, 0.25) is 6.41 Å². The summed E-state index contributed by atoms with van der Waals surface area (Å²) in [5.74, 6) is -0.560. The molecule has 0 fully saturated rings. The molecule has 1 aromatic rings. The number of rotatable bonds is 3. The summed E-state index contributed by atoms with van der Waals surface area (Å²) in [6, 6.07) is 0. The smallest absolute Gasteiger partial charge is 0.337 e. The molecule has 0 unspecified atom stereocenters. The van der Waals surface area contributed by atoms with Crippen LogP contribution in [0.2, 0.25) is 0 Å². The van der Waals surface area contributed by atoms with E-state index in [9.17, 15) is 9.59 Å². The molecule has 1 rings (SSSR count). The van der Waals surface area contributed by atoms with Gasteiger partial charge in [-0.3, -0.25) is 4.79 Å². The minimum atomic E-state index is -0.995. The van der Waals surface area contributed by atoms with Crippen LogP contribution in [0.3, 0.4) is 0 Å². The average Bonchev–Trinajstić information content (AvgIpc) is 2.28.